The van der Waals surface area contributed by atoms with Gasteiger partial charge in [-0.25, -0.2) is 0 Å². The first-order valence-electron chi connectivity index (χ1n) is 6.02. The second-order valence-corrected chi connectivity index (χ2v) is 6.87. The van der Waals surface area contributed by atoms with Crippen molar-refractivity contribution in [1.82, 2.24) is 0 Å². The molecule has 0 aliphatic carbocycles. The highest BCUT2D eigenvalue weighted by atomic mass is 32.2. The number of esters is 1. The molecule has 0 saturated heterocycles. The molecule has 0 amide bonds. The van der Waals surface area contributed by atoms with Crippen molar-refractivity contribution in [3.8, 4) is 5.75 Å². The van der Waals surface area contributed by atoms with E-state index in [1.807, 2.05) is 0 Å². The van der Waals surface area contributed by atoms with E-state index >= 15 is 0 Å². The van der Waals surface area contributed by atoms with Crippen LogP contribution >= 0.6 is 0 Å². The molecule has 106 valence electrons. The third-order valence-corrected chi connectivity index (χ3v) is 3.95. The highest BCUT2D eigenvalue weighted by Crippen LogP contribution is 2.24. The maximum Gasteiger partial charge on any atom is 0.322 e. The summed E-state index contributed by atoms with van der Waals surface area (Å²) in [6.07, 6.45) is 0. The van der Waals surface area contributed by atoms with E-state index in [-0.39, 0.29) is 0 Å². The second kappa shape index (κ2) is 6.19. The van der Waals surface area contributed by atoms with Crippen LogP contribution < -0.4 is 4.74 Å². The van der Waals surface area contributed by atoms with E-state index in [0.29, 0.717) is 10.6 Å². The van der Waals surface area contributed by atoms with Crippen molar-refractivity contribution >= 4 is 16.8 Å². The zero-order valence-corrected chi connectivity index (χ0v) is 12.7. The molecule has 0 aromatic heterocycles. The summed E-state index contributed by atoms with van der Waals surface area (Å²) in [5.41, 5.74) is -0.587. The van der Waals surface area contributed by atoms with Crippen LogP contribution in [0.4, 0.5) is 0 Å². The van der Waals surface area contributed by atoms with Crippen molar-refractivity contribution in [1.29, 1.82) is 0 Å². The molecular weight excluding hydrogens is 264 g/mol. The van der Waals surface area contributed by atoms with Gasteiger partial charge in [-0.05, 0) is 39.8 Å². The van der Waals surface area contributed by atoms with Crippen LogP contribution in [0.15, 0.2) is 29.2 Å². The maximum absolute atomic E-state index is 12.4. The molecule has 0 spiro atoms. The predicted molar refractivity (Wildman–Crippen MR) is 74.7 cm³/mol. The number of ether oxygens (including phenoxy) is 2. The summed E-state index contributed by atoms with van der Waals surface area (Å²) in [6, 6.07) is 6.96. The molecule has 1 aromatic carbocycles. The number of methoxy groups -OCH3 is 1. The molecule has 0 bridgehead atoms. The topological polar surface area (TPSA) is 52.6 Å². The third kappa shape index (κ3) is 4.35. The van der Waals surface area contributed by atoms with Gasteiger partial charge in [0.25, 0.3) is 0 Å². The van der Waals surface area contributed by atoms with Crippen LogP contribution in [0.3, 0.4) is 0 Å². The van der Waals surface area contributed by atoms with E-state index in [1.165, 1.54) is 7.11 Å². The standard InChI is InChI=1S/C14H20O4S/c1-10(13(15)18-14(2,3)4)19(16)12-9-7-6-8-11(12)17-5/h6-10H,1-5H3. The molecule has 0 radical (unpaired) electrons. The van der Waals surface area contributed by atoms with E-state index in [9.17, 15) is 9.00 Å². The first-order chi connectivity index (χ1) is 8.76. The lowest BCUT2D eigenvalue weighted by Crippen LogP contribution is -2.32. The van der Waals surface area contributed by atoms with Crippen LogP contribution in [-0.4, -0.2) is 28.1 Å². The Bertz CT molecular complexity index is 477. The molecule has 5 heteroatoms. The number of hydrogen-bond donors (Lipinski definition) is 0. The molecular formula is C14H20O4S. The van der Waals surface area contributed by atoms with E-state index in [0.717, 1.165) is 0 Å². The first-order valence-corrected chi connectivity index (χ1v) is 7.24. The van der Waals surface area contributed by atoms with Gasteiger partial charge < -0.3 is 9.47 Å². The Balaban J connectivity index is 2.91. The minimum absolute atomic E-state index is 0.475. The zero-order chi connectivity index (χ0) is 14.6. The molecule has 1 aromatic rings. The van der Waals surface area contributed by atoms with Crippen molar-refractivity contribution in [2.24, 2.45) is 0 Å². The number of benzene rings is 1. The second-order valence-electron chi connectivity index (χ2n) is 5.12. The largest absolute Gasteiger partial charge is 0.495 e. The molecule has 0 N–H and O–H groups in total. The number of hydrogen-bond acceptors (Lipinski definition) is 4. The third-order valence-electron chi connectivity index (χ3n) is 2.35. The van der Waals surface area contributed by atoms with Gasteiger partial charge in [-0.3, -0.25) is 9.00 Å². The quantitative estimate of drug-likeness (QED) is 0.797. The number of carbonyl (C=O) groups is 1. The Labute approximate surface area is 116 Å². The van der Waals surface area contributed by atoms with Crippen molar-refractivity contribution in [3.05, 3.63) is 24.3 Å². The summed E-state index contributed by atoms with van der Waals surface area (Å²) >= 11 is 0. The normalized spacial score (nSPS) is 14.6. The van der Waals surface area contributed by atoms with Crippen LogP contribution in [0.5, 0.6) is 5.75 Å². The Morgan fingerprint density at radius 1 is 1.26 bits per heavy atom. The summed E-state index contributed by atoms with van der Waals surface area (Å²) in [5, 5.41) is -0.740. The first kappa shape index (κ1) is 15.7. The highest BCUT2D eigenvalue weighted by Gasteiger charge is 2.28. The van der Waals surface area contributed by atoms with Gasteiger partial charge in [0.1, 0.15) is 16.6 Å². The van der Waals surface area contributed by atoms with E-state index < -0.39 is 27.6 Å². The summed E-state index contributed by atoms with van der Waals surface area (Å²) in [7, 11) is 0.00419. The number of para-hydroxylation sites is 1. The van der Waals surface area contributed by atoms with E-state index in [1.54, 1.807) is 52.0 Å². The van der Waals surface area contributed by atoms with Crippen molar-refractivity contribution in [3.63, 3.8) is 0 Å². The van der Waals surface area contributed by atoms with Gasteiger partial charge in [-0.15, -0.1) is 0 Å². The molecule has 0 saturated carbocycles. The average Bonchev–Trinajstić information content (AvgIpc) is 2.34. The molecule has 1 rings (SSSR count). The van der Waals surface area contributed by atoms with Crippen LogP contribution in [0.1, 0.15) is 27.7 Å². The summed E-state index contributed by atoms with van der Waals surface area (Å²) in [5.74, 6) is 0.0352. The number of carbonyl (C=O) groups excluding carboxylic acids is 1. The van der Waals surface area contributed by atoms with E-state index in [2.05, 4.69) is 0 Å². The van der Waals surface area contributed by atoms with Crippen LogP contribution in [0, 0.1) is 0 Å². The van der Waals surface area contributed by atoms with Gasteiger partial charge in [0.05, 0.1) is 22.8 Å². The maximum atomic E-state index is 12.4. The molecule has 2 unspecified atom stereocenters. The van der Waals surface area contributed by atoms with Gasteiger partial charge in [-0.2, -0.15) is 0 Å². The van der Waals surface area contributed by atoms with Gasteiger partial charge in [0, 0.05) is 0 Å². The van der Waals surface area contributed by atoms with Gasteiger partial charge in [0.15, 0.2) is 0 Å². The molecule has 0 heterocycles. The smallest absolute Gasteiger partial charge is 0.322 e. The summed E-state index contributed by atoms with van der Waals surface area (Å²) < 4.78 is 22.8. The fourth-order valence-corrected chi connectivity index (χ4v) is 2.61. The van der Waals surface area contributed by atoms with Gasteiger partial charge in [0.2, 0.25) is 0 Å². The van der Waals surface area contributed by atoms with Gasteiger partial charge >= 0.3 is 5.97 Å². The van der Waals surface area contributed by atoms with Crippen molar-refractivity contribution < 1.29 is 18.5 Å². The average molecular weight is 284 g/mol. The lowest BCUT2D eigenvalue weighted by atomic mass is 10.2. The molecule has 4 nitrogen and oxygen atoms in total. The SMILES string of the molecule is COc1ccccc1S(=O)C(C)C(=O)OC(C)(C)C. The Hall–Kier alpha value is -1.36. The van der Waals surface area contributed by atoms with Crippen LogP contribution in [0.25, 0.3) is 0 Å². The summed E-state index contributed by atoms with van der Waals surface area (Å²) in [6.45, 7) is 6.94. The van der Waals surface area contributed by atoms with Crippen LogP contribution in [0.2, 0.25) is 0 Å². The van der Waals surface area contributed by atoms with Gasteiger partial charge in [-0.1, -0.05) is 12.1 Å². The van der Waals surface area contributed by atoms with Crippen molar-refractivity contribution in [2.45, 2.75) is 43.4 Å². The molecule has 0 aliphatic heterocycles. The number of rotatable bonds is 4. The molecule has 19 heavy (non-hydrogen) atoms. The lowest BCUT2D eigenvalue weighted by Gasteiger charge is -2.22. The Kier molecular flexibility index (Phi) is 5.11. The fraction of sp³-hybridized carbons (Fsp3) is 0.500. The zero-order valence-electron chi connectivity index (χ0n) is 11.9. The molecule has 2 atom stereocenters. The fourth-order valence-electron chi connectivity index (χ4n) is 1.45. The van der Waals surface area contributed by atoms with E-state index in [4.69, 9.17) is 9.47 Å². The Morgan fingerprint density at radius 2 is 1.84 bits per heavy atom. The van der Waals surface area contributed by atoms with Crippen LogP contribution in [-0.2, 0) is 20.3 Å². The lowest BCUT2D eigenvalue weighted by molar-refractivity contribution is -0.153. The minimum atomic E-state index is -1.50. The van der Waals surface area contributed by atoms with Crippen molar-refractivity contribution in [2.75, 3.05) is 7.11 Å². The monoisotopic (exact) mass is 284 g/mol. The predicted octanol–water partition coefficient (Wildman–Crippen LogP) is 2.53. The minimum Gasteiger partial charge on any atom is -0.495 e. The Morgan fingerprint density at radius 3 is 2.37 bits per heavy atom. The highest BCUT2D eigenvalue weighted by molar-refractivity contribution is 7.86. The molecule has 0 fully saturated rings. The molecule has 0 aliphatic rings. The summed E-state index contributed by atoms with van der Waals surface area (Å²) in [4.78, 5) is 12.4.